The maximum absolute atomic E-state index is 3.88. The first-order valence-corrected chi connectivity index (χ1v) is 17.4. The van der Waals surface area contributed by atoms with Gasteiger partial charge in [-0.2, -0.15) is 5.10 Å². The zero-order valence-corrected chi connectivity index (χ0v) is 23.6. The number of H-pyrrole nitrogens is 1. The summed E-state index contributed by atoms with van der Waals surface area (Å²) in [5.41, 5.74) is 3.78. The van der Waals surface area contributed by atoms with Gasteiger partial charge >= 0.3 is 126 Å². The van der Waals surface area contributed by atoms with Crippen LogP contribution in [0.25, 0.3) is 10.9 Å². The SMILES string of the molecule is CC.CC.CC1CCC2I3CC=C4CCCCC4C3CCC12C.c1ccc2[nH]ncc2c1. The van der Waals surface area contributed by atoms with E-state index in [1.165, 1.54) is 27.1 Å². The summed E-state index contributed by atoms with van der Waals surface area (Å²) >= 11 is -0.721. The van der Waals surface area contributed by atoms with Gasteiger partial charge in [0.25, 0.3) is 0 Å². The number of aromatic amines is 1. The number of aromatic nitrogens is 2. The zero-order chi connectivity index (χ0) is 23.1. The van der Waals surface area contributed by atoms with Crippen LogP contribution < -0.4 is 0 Å². The van der Waals surface area contributed by atoms with Crippen LogP contribution in [-0.2, 0) is 0 Å². The molecule has 180 valence electrons. The van der Waals surface area contributed by atoms with Crippen LogP contribution in [0.15, 0.2) is 42.1 Å². The van der Waals surface area contributed by atoms with E-state index in [9.17, 15) is 0 Å². The number of allylic oxidation sites excluding steroid dienone is 2. The van der Waals surface area contributed by atoms with Crippen molar-refractivity contribution < 1.29 is 0 Å². The van der Waals surface area contributed by atoms with Crippen molar-refractivity contribution in [2.24, 2.45) is 17.3 Å². The Labute approximate surface area is 204 Å². The number of benzene rings is 1. The third-order valence-electron chi connectivity index (χ3n) is 8.36. The molecule has 3 heterocycles. The van der Waals surface area contributed by atoms with E-state index in [0.717, 1.165) is 28.2 Å². The fourth-order valence-electron chi connectivity index (χ4n) is 6.43. The molecule has 0 amide bonds. The Kier molecular flexibility index (Phi) is 9.70. The first-order chi connectivity index (χ1) is 15.7. The quantitative estimate of drug-likeness (QED) is 0.198. The van der Waals surface area contributed by atoms with Crippen molar-refractivity contribution in [2.45, 2.75) is 101 Å². The molecular weight excluding hydrogens is 503 g/mol. The van der Waals surface area contributed by atoms with E-state index in [2.05, 4.69) is 30.1 Å². The summed E-state index contributed by atoms with van der Waals surface area (Å²) in [6.45, 7) is 13.2. The van der Waals surface area contributed by atoms with Gasteiger partial charge in [0.1, 0.15) is 0 Å². The third kappa shape index (κ3) is 5.13. The Morgan fingerprint density at radius 2 is 1.78 bits per heavy atom. The molecule has 5 unspecified atom stereocenters. The Balaban J connectivity index is 0.000000186. The molecule has 2 saturated carbocycles. The summed E-state index contributed by atoms with van der Waals surface area (Å²) in [7, 11) is 0. The summed E-state index contributed by atoms with van der Waals surface area (Å²) in [5.74, 6) is 2.10. The van der Waals surface area contributed by atoms with Crippen molar-refractivity contribution in [3.8, 4) is 0 Å². The fraction of sp³-hybridized carbons (Fsp3) is 0.690. The van der Waals surface area contributed by atoms with Gasteiger partial charge in [0.05, 0.1) is 11.7 Å². The fourth-order valence-corrected chi connectivity index (χ4v) is 16.8. The van der Waals surface area contributed by atoms with Crippen LogP contribution in [0.4, 0.5) is 0 Å². The minimum atomic E-state index is -0.721. The molecule has 2 aliphatic carbocycles. The topological polar surface area (TPSA) is 28.7 Å². The van der Waals surface area contributed by atoms with Crippen molar-refractivity contribution in [3.05, 3.63) is 42.1 Å². The second kappa shape index (κ2) is 12.0. The molecule has 0 bridgehead atoms. The molecule has 2 aromatic rings. The molecule has 4 aliphatic rings. The van der Waals surface area contributed by atoms with E-state index in [-0.39, 0.29) is 0 Å². The van der Waals surface area contributed by atoms with Crippen molar-refractivity contribution >= 4 is 30.7 Å². The molecule has 3 heteroatoms. The summed E-state index contributed by atoms with van der Waals surface area (Å²) in [6, 6.07) is 8.01. The summed E-state index contributed by atoms with van der Waals surface area (Å²) < 4.78 is 4.03. The largest absolute Gasteiger partial charge is 0.278 e. The van der Waals surface area contributed by atoms with Crippen molar-refractivity contribution in [1.29, 1.82) is 0 Å². The van der Waals surface area contributed by atoms with Crippen LogP contribution >= 0.6 is 19.8 Å². The molecule has 3 fully saturated rings. The summed E-state index contributed by atoms with van der Waals surface area (Å²) in [5, 5.41) is 7.91. The molecule has 1 saturated heterocycles. The van der Waals surface area contributed by atoms with Crippen LogP contribution in [0.1, 0.15) is 92.9 Å². The number of para-hydroxylation sites is 1. The van der Waals surface area contributed by atoms with E-state index in [4.69, 9.17) is 0 Å². The van der Waals surface area contributed by atoms with Gasteiger partial charge in [-0.15, -0.1) is 0 Å². The first kappa shape index (κ1) is 25.8. The van der Waals surface area contributed by atoms with Gasteiger partial charge in [-0.25, -0.2) is 0 Å². The molecular formula is C29H47IN2. The van der Waals surface area contributed by atoms with Crippen LogP contribution in [0, 0.1) is 17.3 Å². The van der Waals surface area contributed by atoms with Gasteiger partial charge < -0.3 is 0 Å². The Morgan fingerprint density at radius 1 is 1.00 bits per heavy atom. The Bertz CT molecular complexity index is 825. The summed E-state index contributed by atoms with van der Waals surface area (Å²) in [6.07, 6.45) is 17.0. The van der Waals surface area contributed by atoms with Gasteiger partial charge in [-0.05, 0) is 6.07 Å². The molecule has 6 rings (SSSR count). The standard InChI is InChI=1S/C18H29I.C7H6N2.2C2H6/c1-13-7-8-17-18(13,2)11-9-16-15-6-4-3-5-14(15)10-12-19(16)17;1-2-4-7-6(3-1)5-8-9-7;2*1-2/h10,13,15-17H,3-9,11-12H2,1-2H3;1-5H,(H,8,9);2*1-2H3. The van der Waals surface area contributed by atoms with Gasteiger partial charge in [-0.1, -0.05) is 45.9 Å². The number of hydrogen-bond donors (Lipinski definition) is 1. The van der Waals surface area contributed by atoms with E-state index >= 15 is 0 Å². The number of halogens is 1. The molecule has 2 aliphatic heterocycles. The number of nitrogens with zero attached hydrogens (tertiary/aromatic N) is 1. The Hall–Kier alpha value is -0.840. The second-order valence-corrected chi connectivity index (χ2v) is 16.1. The van der Waals surface area contributed by atoms with E-state index in [1.54, 1.807) is 36.5 Å². The average Bonchev–Trinajstić information content (AvgIpc) is 3.46. The van der Waals surface area contributed by atoms with E-state index < -0.39 is 19.8 Å². The first-order valence-electron chi connectivity index (χ1n) is 13.4. The number of alkyl halides is 3. The normalized spacial score (nSPS) is 33.6. The Morgan fingerprint density at radius 3 is 2.56 bits per heavy atom. The monoisotopic (exact) mass is 550 g/mol. The maximum Gasteiger partial charge on any atom is 0.0650 e. The molecule has 1 aromatic heterocycles. The van der Waals surface area contributed by atoms with E-state index in [0.29, 0.717) is 0 Å². The smallest absolute Gasteiger partial charge is 0.0650 e. The van der Waals surface area contributed by atoms with E-state index in [1.807, 2.05) is 63.7 Å². The summed E-state index contributed by atoms with van der Waals surface area (Å²) in [4.78, 5) is 0. The van der Waals surface area contributed by atoms with Gasteiger partial charge in [0.2, 0.25) is 0 Å². The number of rotatable bonds is 0. The van der Waals surface area contributed by atoms with Crippen LogP contribution in [-0.4, -0.2) is 22.5 Å². The zero-order valence-electron chi connectivity index (χ0n) is 21.5. The molecule has 2 nitrogen and oxygen atoms in total. The van der Waals surface area contributed by atoms with Crippen LogP contribution in [0.5, 0.6) is 0 Å². The van der Waals surface area contributed by atoms with Crippen LogP contribution in [0.3, 0.4) is 0 Å². The minimum absolute atomic E-state index is 0.721. The molecule has 1 N–H and O–H groups in total. The number of nitrogens with one attached hydrogen (secondary N) is 1. The van der Waals surface area contributed by atoms with Gasteiger partial charge in [0.15, 0.2) is 0 Å². The van der Waals surface area contributed by atoms with Crippen molar-refractivity contribution in [1.82, 2.24) is 10.2 Å². The average molecular weight is 551 g/mol. The second-order valence-electron chi connectivity index (χ2n) is 9.68. The van der Waals surface area contributed by atoms with Gasteiger partial charge in [-0.3, -0.25) is 5.10 Å². The minimum Gasteiger partial charge on any atom is -0.278 e. The number of hydrogen-bond acceptors (Lipinski definition) is 1. The molecule has 32 heavy (non-hydrogen) atoms. The van der Waals surface area contributed by atoms with Crippen molar-refractivity contribution in [3.63, 3.8) is 0 Å². The molecule has 0 spiro atoms. The molecule has 1 aromatic carbocycles. The predicted octanol–water partition coefficient (Wildman–Crippen LogP) is 9.21. The van der Waals surface area contributed by atoms with Crippen molar-refractivity contribution in [2.75, 3.05) is 4.43 Å². The molecule has 0 radical (unpaired) electrons. The predicted molar refractivity (Wildman–Crippen MR) is 151 cm³/mol. The van der Waals surface area contributed by atoms with Crippen LogP contribution in [0.2, 0.25) is 0 Å². The third-order valence-corrected chi connectivity index (χ3v) is 17.3. The maximum atomic E-state index is 3.88. The molecule has 5 atom stereocenters. The van der Waals surface area contributed by atoms with Gasteiger partial charge in [0, 0.05) is 5.39 Å². The number of fused-ring (bicyclic) bond motifs is 6.